The lowest BCUT2D eigenvalue weighted by Crippen LogP contribution is -2.27. The third kappa shape index (κ3) is 3.55. The molecule has 9 heteroatoms. The van der Waals surface area contributed by atoms with Gasteiger partial charge in [-0.15, -0.1) is 0 Å². The lowest BCUT2D eigenvalue weighted by atomic mass is 10.2. The Hall–Kier alpha value is -1.93. The van der Waals surface area contributed by atoms with Gasteiger partial charge < -0.3 is 0 Å². The van der Waals surface area contributed by atoms with Crippen molar-refractivity contribution in [3.63, 3.8) is 0 Å². The molecule has 0 N–H and O–H groups in total. The van der Waals surface area contributed by atoms with Crippen molar-refractivity contribution in [2.45, 2.75) is 0 Å². The Kier molecular flexibility index (Phi) is 5.10. The molecule has 1 fully saturated rings. The molecule has 2 aromatic carbocycles. The molecule has 1 heterocycles. The molecule has 126 valence electrons. The van der Waals surface area contributed by atoms with Crippen molar-refractivity contribution in [2.24, 2.45) is 0 Å². The molecule has 0 bridgehead atoms. The van der Waals surface area contributed by atoms with Gasteiger partial charge in [-0.2, -0.15) is 0 Å². The molecule has 0 unspecified atom stereocenters. The van der Waals surface area contributed by atoms with Crippen molar-refractivity contribution in [1.82, 2.24) is 0 Å². The summed E-state index contributed by atoms with van der Waals surface area (Å²) in [6.07, 6.45) is 1.62. The third-order valence-corrected chi connectivity index (χ3v) is 5.52. The Morgan fingerprint density at radius 1 is 1.16 bits per heavy atom. The number of hydrogen-bond acceptors (Lipinski definition) is 5. The van der Waals surface area contributed by atoms with Crippen molar-refractivity contribution < 1.29 is 9.72 Å². The second-order valence-electron chi connectivity index (χ2n) is 4.93. The molecule has 0 aliphatic carbocycles. The molecule has 5 nitrogen and oxygen atoms in total. The fourth-order valence-corrected chi connectivity index (χ4v) is 3.84. The number of halogens is 2. The Morgan fingerprint density at radius 2 is 1.84 bits per heavy atom. The molecule has 25 heavy (non-hydrogen) atoms. The van der Waals surface area contributed by atoms with Crippen LogP contribution in [0.2, 0.25) is 10.0 Å². The van der Waals surface area contributed by atoms with Crippen LogP contribution in [-0.2, 0) is 4.79 Å². The number of nitro groups is 1. The van der Waals surface area contributed by atoms with Gasteiger partial charge in [0.25, 0.3) is 11.6 Å². The average Bonchev–Trinajstić information content (AvgIpc) is 2.86. The second kappa shape index (κ2) is 7.13. The molecule has 1 saturated heterocycles. The number of nitro benzene ring substituents is 1. The zero-order valence-electron chi connectivity index (χ0n) is 12.3. The summed E-state index contributed by atoms with van der Waals surface area (Å²) in [5.74, 6) is -0.320. The van der Waals surface area contributed by atoms with E-state index in [0.29, 0.717) is 30.5 Å². The van der Waals surface area contributed by atoms with Crippen molar-refractivity contribution in [2.75, 3.05) is 4.90 Å². The fourth-order valence-electron chi connectivity index (χ4n) is 2.19. The molecule has 0 atom stereocenters. The summed E-state index contributed by atoms with van der Waals surface area (Å²) in [6.45, 7) is 0. The van der Waals surface area contributed by atoms with Crippen LogP contribution in [0.5, 0.6) is 0 Å². The topological polar surface area (TPSA) is 63.5 Å². The minimum Gasteiger partial charge on any atom is -0.268 e. The van der Waals surface area contributed by atoms with Gasteiger partial charge in [0.1, 0.15) is 0 Å². The van der Waals surface area contributed by atoms with Gasteiger partial charge in [0.2, 0.25) is 0 Å². The Morgan fingerprint density at radius 3 is 2.48 bits per heavy atom. The van der Waals surface area contributed by atoms with Gasteiger partial charge in [0, 0.05) is 12.1 Å². The Labute approximate surface area is 162 Å². The van der Waals surface area contributed by atoms with Gasteiger partial charge in [-0.3, -0.25) is 19.8 Å². The minimum absolute atomic E-state index is 0.0598. The maximum atomic E-state index is 12.7. The number of rotatable bonds is 3. The highest BCUT2D eigenvalue weighted by Crippen LogP contribution is 2.38. The van der Waals surface area contributed by atoms with Crippen LogP contribution in [0.15, 0.2) is 47.4 Å². The summed E-state index contributed by atoms with van der Waals surface area (Å²) >= 11 is 18.5. The third-order valence-electron chi connectivity index (χ3n) is 3.38. The van der Waals surface area contributed by atoms with Crippen LogP contribution in [0.4, 0.5) is 11.4 Å². The van der Waals surface area contributed by atoms with E-state index in [1.807, 2.05) is 0 Å². The number of nitrogens with zero attached hydrogens (tertiary/aromatic N) is 2. The number of thioether (sulfide) groups is 1. The van der Waals surface area contributed by atoms with E-state index in [-0.39, 0.29) is 11.6 Å². The van der Waals surface area contributed by atoms with Crippen molar-refractivity contribution >= 4 is 74.9 Å². The summed E-state index contributed by atoms with van der Waals surface area (Å²) in [7, 11) is 0. The van der Waals surface area contributed by atoms with Gasteiger partial charge >= 0.3 is 0 Å². The summed E-state index contributed by atoms with van der Waals surface area (Å²) in [6, 6.07) is 10.8. The van der Waals surface area contributed by atoms with Crippen LogP contribution in [0.25, 0.3) is 6.08 Å². The normalized spacial score (nSPS) is 15.9. The van der Waals surface area contributed by atoms with Gasteiger partial charge in [-0.05, 0) is 29.8 Å². The first-order chi connectivity index (χ1) is 11.9. The Balaban J connectivity index is 1.93. The summed E-state index contributed by atoms with van der Waals surface area (Å²) in [5.41, 5.74) is 1.02. The molecule has 1 amide bonds. The molecule has 0 spiro atoms. The van der Waals surface area contributed by atoms with Gasteiger partial charge in [0.15, 0.2) is 4.32 Å². The molecular weight excluding hydrogens is 403 g/mol. The van der Waals surface area contributed by atoms with E-state index >= 15 is 0 Å². The lowest BCUT2D eigenvalue weighted by Gasteiger charge is -2.13. The van der Waals surface area contributed by atoms with Gasteiger partial charge in [-0.1, -0.05) is 59.3 Å². The highest BCUT2D eigenvalue weighted by Gasteiger charge is 2.33. The second-order valence-corrected chi connectivity index (χ2v) is 7.39. The first-order valence-corrected chi connectivity index (χ1v) is 8.83. The van der Waals surface area contributed by atoms with Crippen molar-refractivity contribution in [3.8, 4) is 0 Å². The first kappa shape index (κ1) is 17.9. The van der Waals surface area contributed by atoms with Crippen LogP contribution in [0.1, 0.15) is 5.56 Å². The minimum atomic E-state index is -0.505. The van der Waals surface area contributed by atoms with E-state index in [9.17, 15) is 14.9 Å². The quantitative estimate of drug-likeness (QED) is 0.297. The van der Waals surface area contributed by atoms with Gasteiger partial charge in [0.05, 0.1) is 25.6 Å². The molecule has 0 radical (unpaired) electrons. The van der Waals surface area contributed by atoms with E-state index in [1.54, 1.807) is 24.3 Å². The zero-order chi connectivity index (χ0) is 18.1. The van der Waals surface area contributed by atoms with Gasteiger partial charge in [-0.25, -0.2) is 0 Å². The number of carbonyl (C=O) groups is 1. The molecular formula is C16H8Cl2N2O3S2. The Bertz CT molecular complexity index is 929. The number of anilines is 1. The monoisotopic (exact) mass is 410 g/mol. The fraction of sp³-hybridized carbons (Fsp3) is 0. The maximum Gasteiger partial charge on any atom is 0.270 e. The highest BCUT2D eigenvalue weighted by molar-refractivity contribution is 8.27. The van der Waals surface area contributed by atoms with Crippen molar-refractivity contribution in [3.05, 3.63) is 73.1 Å². The van der Waals surface area contributed by atoms with Crippen LogP contribution in [0, 0.1) is 10.1 Å². The number of amides is 1. The largest absolute Gasteiger partial charge is 0.270 e. The average molecular weight is 411 g/mol. The molecule has 0 saturated carbocycles. The van der Waals surface area contributed by atoms with E-state index < -0.39 is 4.92 Å². The summed E-state index contributed by atoms with van der Waals surface area (Å²) in [4.78, 5) is 24.6. The predicted molar refractivity (Wildman–Crippen MR) is 105 cm³/mol. The van der Waals surface area contributed by atoms with Crippen molar-refractivity contribution in [1.29, 1.82) is 0 Å². The molecule has 3 rings (SSSR count). The molecule has 1 aliphatic rings. The predicted octanol–water partition coefficient (Wildman–Crippen LogP) is 5.31. The summed E-state index contributed by atoms with van der Waals surface area (Å²) in [5, 5.41) is 11.5. The number of thiocarbonyl (C=S) groups is 1. The lowest BCUT2D eigenvalue weighted by molar-refractivity contribution is -0.384. The molecule has 2 aromatic rings. The number of carbonyl (C=O) groups excluding carboxylic acids is 1. The summed E-state index contributed by atoms with van der Waals surface area (Å²) < 4.78 is 0.336. The van der Waals surface area contributed by atoms with E-state index in [0.717, 1.165) is 11.8 Å². The van der Waals surface area contributed by atoms with Crippen LogP contribution < -0.4 is 4.90 Å². The first-order valence-electron chi connectivity index (χ1n) is 6.85. The highest BCUT2D eigenvalue weighted by atomic mass is 35.5. The van der Waals surface area contributed by atoms with Crippen LogP contribution in [0.3, 0.4) is 0 Å². The number of benzene rings is 2. The van der Waals surface area contributed by atoms with Crippen LogP contribution >= 0.6 is 47.2 Å². The molecule has 1 aliphatic heterocycles. The molecule has 0 aromatic heterocycles. The number of hydrogen-bond donors (Lipinski definition) is 0. The SMILES string of the molecule is O=C1/C(=C/c2cccc(Cl)c2Cl)SC(=S)N1c1ccc([N+](=O)[O-])cc1. The zero-order valence-corrected chi connectivity index (χ0v) is 15.5. The maximum absolute atomic E-state index is 12.7. The van der Waals surface area contributed by atoms with Crippen LogP contribution in [-0.4, -0.2) is 15.2 Å². The smallest absolute Gasteiger partial charge is 0.268 e. The number of non-ortho nitro benzene ring substituents is 1. The standard InChI is InChI=1S/C16H8Cl2N2O3S2/c17-12-3-1-2-9(14(12)18)8-13-15(21)19(16(24)25-13)10-4-6-11(7-5-10)20(22)23/h1-8H/b13-8-. The van der Waals surface area contributed by atoms with E-state index in [2.05, 4.69) is 0 Å². The van der Waals surface area contributed by atoms with E-state index in [1.165, 1.54) is 29.2 Å². The van der Waals surface area contributed by atoms with E-state index in [4.69, 9.17) is 35.4 Å².